The summed E-state index contributed by atoms with van der Waals surface area (Å²) in [4.78, 5) is 12.9. The van der Waals surface area contributed by atoms with Gasteiger partial charge in [0.1, 0.15) is 5.82 Å². The number of oxazole rings is 1. The highest BCUT2D eigenvalue weighted by Crippen LogP contribution is 2.25. The maximum Gasteiger partial charge on any atom is 0.216 e. The van der Waals surface area contributed by atoms with Gasteiger partial charge in [-0.3, -0.25) is 0 Å². The van der Waals surface area contributed by atoms with Crippen LogP contribution in [0.25, 0.3) is 22.4 Å². The molecule has 0 spiro atoms. The van der Waals surface area contributed by atoms with E-state index in [1.807, 2.05) is 63.2 Å². The third kappa shape index (κ3) is 4.15. The van der Waals surface area contributed by atoms with E-state index in [1.165, 1.54) is 0 Å². The van der Waals surface area contributed by atoms with Crippen LogP contribution in [0.2, 0.25) is 0 Å². The first kappa shape index (κ1) is 19.1. The van der Waals surface area contributed by atoms with Gasteiger partial charge in [-0.15, -0.1) is 0 Å². The third-order valence-electron chi connectivity index (χ3n) is 4.06. The van der Waals surface area contributed by atoms with Crippen LogP contribution in [0.3, 0.4) is 0 Å². The van der Waals surface area contributed by atoms with E-state index in [9.17, 15) is 0 Å². The number of nitrogens with one attached hydrogen (secondary N) is 1. The van der Waals surface area contributed by atoms with E-state index in [0.29, 0.717) is 29.2 Å². The van der Waals surface area contributed by atoms with Crippen LogP contribution < -0.4 is 5.32 Å². The van der Waals surface area contributed by atoms with Crippen molar-refractivity contribution in [1.29, 1.82) is 5.26 Å². The highest BCUT2D eigenvalue weighted by Gasteiger charge is 2.08. The molecule has 6 nitrogen and oxygen atoms in total. The number of rotatable bonds is 4. The van der Waals surface area contributed by atoms with Crippen LogP contribution in [0.5, 0.6) is 0 Å². The molecule has 0 saturated carbocycles. The summed E-state index contributed by atoms with van der Waals surface area (Å²) in [6, 6.07) is 15.4. The van der Waals surface area contributed by atoms with Crippen molar-refractivity contribution in [1.82, 2.24) is 15.0 Å². The molecule has 0 aliphatic rings. The average molecular weight is 371 g/mol. The molecular formula is C22H21N5O. The van der Waals surface area contributed by atoms with E-state index in [2.05, 4.69) is 26.3 Å². The molecule has 3 aromatic heterocycles. The topological polar surface area (TPSA) is 87.6 Å². The number of hydrogen-bond acceptors (Lipinski definition) is 6. The predicted octanol–water partition coefficient (Wildman–Crippen LogP) is 5.10. The van der Waals surface area contributed by atoms with E-state index in [0.717, 1.165) is 22.5 Å². The van der Waals surface area contributed by atoms with Gasteiger partial charge in [0.15, 0.2) is 11.2 Å². The Morgan fingerprint density at radius 3 is 2.68 bits per heavy atom. The van der Waals surface area contributed by atoms with Crippen molar-refractivity contribution in [2.75, 3.05) is 5.32 Å². The Hall–Kier alpha value is -3.72. The smallest absolute Gasteiger partial charge is 0.216 e. The molecule has 0 unspecified atom stereocenters. The summed E-state index contributed by atoms with van der Waals surface area (Å²) in [5, 5.41) is 12.2. The summed E-state index contributed by atoms with van der Waals surface area (Å²) in [5.41, 5.74) is 5.07. The maximum absolute atomic E-state index is 9.01. The number of fused-ring (bicyclic) bond motifs is 1. The van der Waals surface area contributed by atoms with Crippen molar-refractivity contribution in [3.05, 3.63) is 71.9 Å². The second kappa shape index (κ2) is 8.78. The van der Waals surface area contributed by atoms with Gasteiger partial charge in [-0.05, 0) is 60.0 Å². The summed E-state index contributed by atoms with van der Waals surface area (Å²) < 4.78 is 5.65. The second-order valence-electron chi connectivity index (χ2n) is 5.86. The lowest BCUT2D eigenvalue weighted by molar-refractivity contribution is 0.540. The van der Waals surface area contributed by atoms with Crippen LogP contribution in [0.15, 0.2) is 59.3 Å². The number of pyridine rings is 2. The summed E-state index contributed by atoms with van der Waals surface area (Å²) in [6.45, 7) is 6.41. The maximum atomic E-state index is 9.01. The predicted molar refractivity (Wildman–Crippen MR) is 110 cm³/mol. The fraction of sp³-hybridized carbons (Fsp3) is 0.182. The average Bonchev–Trinajstić information content (AvgIpc) is 3.17. The highest BCUT2D eigenvalue weighted by atomic mass is 16.3. The lowest BCUT2D eigenvalue weighted by Gasteiger charge is -2.09. The Labute approximate surface area is 163 Å². The molecule has 0 amide bonds. The van der Waals surface area contributed by atoms with Gasteiger partial charge < -0.3 is 9.73 Å². The Morgan fingerprint density at radius 2 is 1.93 bits per heavy atom. The van der Waals surface area contributed by atoms with Gasteiger partial charge in [0.2, 0.25) is 5.89 Å². The van der Waals surface area contributed by atoms with E-state index in [4.69, 9.17) is 9.68 Å². The molecule has 0 saturated heterocycles. The summed E-state index contributed by atoms with van der Waals surface area (Å²) in [7, 11) is 0. The molecule has 0 aliphatic carbocycles. The van der Waals surface area contributed by atoms with Gasteiger partial charge in [0.25, 0.3) is 0 Å². The van der Waals surface area contributed by atoms with Crippen LogP contribution >= 0.6 is 0 Å². The molecule has 6 heteroatoms. The Bertz CT molecular complexity index is 1090. The van der Waals surface area contributed by atoms with Crippen molar-refractivity contribution in [2.45, 2.75) is 27.3 Å². The number of nitrogens with zero attached hydrogens (tertiary/aromatic N) is 4. The van der Waals surface area contributed by atoms with E-state index in [1.54, 1.807) is 12.4 Å². The zero-order valence-electron chi connectivity index (χ0n) is 16.1. The number of benzene rings is 1. The molecule has 0 aliphatic heterocycles. The van der Waals surface area contributed by atoms with Crippen molar-refractivity contribution in [3.63, 3.8) is 0 Å². The standard InChI is InChI=1S/C20H15N5O.C2H6/c1-13-9-14(11-21)4-5-16(13)15-6-8-22-18(10-15)24-12-19-25-20-17(26-19)3-2-7-23-20;1-2/h2-10H,12H2,1H3,(H,22,24);1-2H3. The van der Waals surface area contributed by atoms with Crippen LogP contribution in [0.1, 0.15) is 30.9 Å². The first-order valence-corrected chi connectivity index (χ1v) is 9.14. The minimum Gasteiger partial charge on any atom is -0.437 e. The van der Waals surface area contributed by atoms with Crippen molar-refractivity contribution >= 4 is 17.0 Å². The third-order valence-corrected chi connectivity index (χ3v) is 4.06. The lowest BCUT2D eigenvalue weighted by atomic mass is 9.99. The molecule has 0 bridgehead atoms. The zero-order chi connectivity index (χ0) is 19.9. The minimum absolute atomic E-state index is 0.416. The van der Waals surface area contributed by atoms with Crippen LogP contribution in [0.4, 0.5) is 5.82 Å². The van der Waals surface area contributed by atoms with Crippen molar-refractivity contribution < 1.29 is 4.42 Å². The number of anilines is 1. The van der Waals surface area contributed by atoms with Crippen LogP contribution in [-0.4, -0.2) is 15.0 Å². The minimum atomic E-state index is 0.416. The van der Waals surface area contributed by atoms with Gasteiger partial charge >= 0.3 is 0 Å². The molecule has 140 valence electrons. The van der Waals surface area contributed by atoms with E-state index < -0.39 is 0 Å². The molecule has 3 heterocycles. The van der Waals surface area contributed by atoms with Gasteiger partial charge in [0, 0.05) is 12.4 Å². The number of hydrogen-bond donors (Lipinski definition) is 1. The molecule has 0 radical (unpaired) electrons. The highest BCUT2D eigenvalue weighted by molar-refractivity contribution is 5.70. The van der Waals surface area contributed by atoms with Crippen molar-refractivity contribution in [3.8, 4) is 17.2 Å². The first-order valence-electron chi connectivity index (χ1n) is 9.14. The fourth-order valence-corrected chi connectivity index (χ4v) is 2.81. The molecule has 4 rings (SSSR count). The van der Waals surface area contributed by atoms with Gasteiger partial charge in [-0.1, -0.05) is 19.9 Å². The number of aromatic nitrogens is 3. The Kier molecular flexibility index (Phi) is 5.97. The van der Waals surface area contributed by atoms with Crippen molar-refractivity contribution in [2.24, 2.45) is 0 Å². The van der Waals surface area contributed by atoms with Crippen LogP contribution in [0, 0.1) is 18.3 Å². The van der Waals surface area contributed by atoms with E-state index in [-0.39, 0.29) is 0 Å². The molecule has 0 fully saturated rings. The van der Waals surface area contributed by atoms with Gasteiger partial charge in [0.05, 0.1) is 18.2 Å². The molecule has 0 atom stereocenters. The molecular weight excluding hydrogens is 350 g/mol. The van der Waals surface area contributed by atoms with Crippen LogP contribution in [-0.2, 0) is 6.54 Å². The number of aryl methyl sites for hydroxylation is 1. The first-order chi connectivity index (χ1) is 13.7. The molecule has 1 aromatic carbocycles. The summed E-state index contributed by atoms with van der Waals surface area (Å²) in [6.07, 6.45) is 3.44. The van der Waals surface area contributed by atoms with Gasteiger partial charge in [-0.2, -0.15) is 10.2 Å². The second-order valence-corrected chi connectivity index (χ2v) is 5.86. The Balaban J connectivity index is 0.00000109. The Morgan fingerprint density at radius 1 is 1.07 bits per heavy atom. The molecule has 1 N–H and O–H groups in total. The molecule has 4 aromatic rings. The van der Waals surface area contributed by atoms with E-state index >= 15 is 0 Å². The lowest BCUT2D eigenvalue weighted by Crippen LogP contribution is -2.01. The zero-order valence-corrected chi connectivity index (χ0v) is 16.1. The SMILES string of the molecule is CC.Cc1cc(C#N)ccc1-c1ccnc(NCc2nc3ncccc3o2)c1. The fourth-order valence-electron chi connectivity index (χ4n) is 2.81. The summed E-state index contributed by atoms with van der Waals surface area (Å²) in [5.74, 6) is 1.28. The van der Waals surface area contributed by atoms with Gasteiger partial charge in [-0.25, -0.2) is 9.97 Å². The largest absolute Gasteiger partial charge is 0.437 e. The summed E-state index contributed by atoms with van der Waals surface area (Å²) >= 11 is 0. The number of nitriles is 1. The normalized spacial score (nSPS) is 10.1. The molecule has 28 heavy (non-hydrogen) atoms. The quantitative estimate of drug-likeness (QED) is 0.537. The monoisotopic (exact) mass is 371 g/mol.